The maximum Gasteiger partial charge on any atom is 0.329 e. The number of ether oxygens (including phenoxy) is 1. The van der Waals surface area contributed by atoms with Crippen LogP contribution in [0, 0.1) is 6.92 Å². The maximum absolute atomic E-state index is 12.0. The second kappa shape index (κ2) is 12.5. The highest BCUT2D eigenvalue weighted by atomic mass is 16.5. The standard InChI is InChI=1S/C26H26N4O4/c1-19-6-5-9-22(16-19)29-24(31)18-34-23-12-10-21(11-13-23)17-28-30-26(33)25(32)27-15-14-20-7-3-2-4-8-20/h2-13,16-17H,14-15,18H2,1H3,(H,27,32)(H,29,31)(H,30,33)/b28-17-. The molecular formula is C26H26N4O4. The minimum atomic E-state index is -0.844. The van der Waals surface area contributed by atoms with Crippen LogP contribution in [0.3, 0.4) is 0 Å². The van der Waals surface area contributed by atoms with Gasteiger partial charge in [0.05, 0.1) is 6.21 Å². The van der Waals surface area contributed by atoms with E-state index in [9.17, 15) is 14.4 Å². The van der Waals surface area contributed by atoms with Crippen LogP contribution in [0.1, 0.15) is 16.7 Å². The fourth-order valence-corrected chi connectivity index (χ4v) is 2.98. The van der Waals surface area contributed by atoms with Crippen molar-refractivity contribution in [3.05, 3.63) is 95.6 Å². The molecule has 0 saturated heterocycles. The predicted octanol–water partition coefficient (Wildman–Crippen LogP) is 2.82. The molecule has 0 saturated carbocycles. The molecule has 0 aliphatic heterocycles. The van der Waals surface area contributed by atoms with Crippen LogP contribution in [0.15, 0.2) is 84.0 Å². The molecule has 0 radical (unpaired) electrons. The summed E-state index contributed by atoms with van der Waals surface area (Å²) in [6.07, 6.45) is 2.04. The average molecular weight is 459 g/mol. The summed E-state index contributed by atoms with van der Waals surface area (Å²) >= 11 is 0. The molecule has 0 spiro atoms. The number of hydrogen-bond acceptors (Lipinski definition) is 5. The van der Waals surface area contributed by atoms with Crippen molar-refractivity contribution in [1.82, 2.24) is 10.7 Å². The van der Waals surface area contributed by atoms with Gasteiger partial charge in [-0.3, -0.25) is 14.4 Å². The van der Waals surface area contributed by atoms with E-state index in [4.69, 9.17) is 4.74 Å². The second-order valence-corrected chi connectivity index (χ2v) is 7.47. The van der Waals surface area contributed by atoms with Crippen molar-refractivity contribution in [2.24, 2.45) is 5.10 Å². The Balaban J connectivity index is 1.37. The number of nitrogens with zero attached hydrogens (tertiary/aromatic N) is 1. The fourth-order valence-electron chi connectivity index (χ4n) is 2.98. The van der Waals surface area contributed by atoms with Crippen LogP contribution in [0.2, 0.25) is 0 Å². The van der Waals surface area contributed by atoms with Gasteiger partial charge in [-0.25, -0.2) is 5.43 Å². The van der Waals surface area contributed by atoms with Gasteiger partial charge in [0.2, 0.25) is 0 Å². The Labute approximate surface area is 198 Å². The van der Waals surface area contributed by atoms with Crippen LogP contribution < -0.4 is 20.8 Å². The van der Waals surface area contributed by atoms with Gasteiger partial charge in [0.25, 0.3) is 5.91 Å². The van der Waals surface area contributed by atoms with Crippen molar-refractivity contribution in [1.29, 1.82) is 0 Å². The van der Waals surface area contributed by atoms with Crippen LogP contribution in [0.25, 0.3) is 0 Å². The van der Waals surface area contributed by atoms with Crippen molar-refractivity contribution >= 4 is 29.6 Å². The molecule has 3 N–H and O–H groups in total. The number of aryl methyl sites for hydroxylation is 1. The first-order valence-electron chi connectivity index (χ1n) is 10.7. The monoisotopic (exact) mass is 458 g/mol. The lowest BCUT2D eigenvalue weighted by Crippen LogP contribution is -2.38. The number of hydrogen-bond donors (Lipinski definition) is 3. The summed E-state index contributed by atoms with van der Waals surface area (Å²) in [4.78, 5) is 35.7. The average Bonchev–Trinajstić information content (AvgIpc) is 2.84. The van der Waals surface area contributed by atoms with Gasteiger partial charge >= 0.3 is 11.8 Å². The SMILES string of the molecule is Cc1cccc(NC(=O)COc2ccc(/C=N\NC(=O)C(=O)NCCc3ccccc3)cc2)c1. The minimum Gasteiger partial charge on any atom is -0.484 e. The minimum absolute atomic E-state index is 0.128. The van der Waals surface area contributed by atoms with Crippen molar-refractivity contribution in [2.45, 2.75) is 13.3 Å². The van der Waals surface area contributed by atoms with E-state index >= 15 is 0 Å². The quantitative estimate of drug-likeness (QED) is 0.260. The lowest BCUT2D eigenvalue weighted by atomic mass is 10.1. The molecule has 0 aromatic heterocycles. The first-order valence-corrected chi connectivity index (χ1v) is 10.7. The molecule has 3 amide bonds. The third-order valence-electron chi connectivity index (χ3n) is 4.68. The van der Waals surface area contributed by atoms with Crippen molar-refractivity contribution < 1.29 is 19.1 Å². The molecule has 0 heterocycles. The summed E-state index contributed by atoms with van der Waals surface area (Å²) in [5.74, 6) is -1.34. The topological polar surface area (TPSA) is 109 Å². The van der Waals surface area contributed by atoms with Crippen molar-refractivity contribution in [2.75, 3.05) is 18.5 Å². The first-order chi connectivity index (χ1) is 16.5. The lowest BCUT2D eigenvalue weighted by Gasteiger charge is -2.08. The summed E-state index contributed by atoms with van der Waals surface area (Å²) in [5, 5.41) is 9.13. The van der Waals surface area contributed by atoms with Crippen LogP contribution in [-0.2, 0) is 20.8 Å². The van der Waals surface area contributed by atoms with Gasteiger partial charge in [-0.2, -0.15) is 5.10 Å². The molecule has 8 nitrogen and oxygen atoms in total. The second-order valence-electron chi connectivity index (χ2n) is 7.47. The zero-order valence-corrected chi connectivity index (χ0v) is 18.8. The summed E-state index contributed by atoms with van der Waals surface area (Å²) in [6.45, 7) is 2.17. The molecule has 0 aliphatic carbocycles. The van der Waals surface area contributed by atoms with E-state index in [1.165, 1.54) is 6.21 Å². The van der Waals surface area contributed by atoms with E-state index in [2.05, 4.69) is 21.2 Å². The summed E-state index contributed by atoms with van der Waals surface area (Å²) in [7, 11) is 0. The third kappa shape index (κ3) is 8.23. The molecule has 0 aliphatic rings. The first kappa shape index (κ1) is 24.2. The molecule has 3 aromatic carbocycles. The predicted molar refractivity (Wildman–Crippen MR) is 131 cm³/mol. The Morgan fingerprint density at radius 3 is 2.41 bits per heavy atom. The highest BCUT2D eigenvalue weighted by molar-refractivity contribution is 6.35. The van der Waals surface area contributed by atoms with Crippen LogP contribution in [-0.4, -0.2) is 37.1 Å². The third-order valence-corrected chi connectivity index (χ3v) is 4.68. The van der Waals surface area contributed by atoms with Gasteiger partial charge in [0, 0.05) is 12.2 Å². The van der Waals surface area contributed by atoms with E-state index in [0.717, 1.165) is 11.1 Å². The summed E-state index contributed by atoms with van der Waals surface area (Å²) in [6, 6.07) is 23.9. The Hall–Kier alpha value is -4.46. The fraction of sp³-hybridized carbons (Fsp3) is 0.154. The highest BCUT2D eigenvalue weighted by Gasteiger charge is 2.11. The van der Waals surface area contributed by atoms with Crippen molar-refractivity contribution in [3.8, 4) is 5.75 Å². The van der Waals surface area contributed by atoms with E-state index in [0.29, 0.717) is 30.0 Å². The summed E-state index contributed by atoms with van der Waals surface area (Å²) in [5.41, 5.74) is 5.71. The molecule has 174 valence electrons. The lowest BCUT2D eigenvalue weighted by molar-refractivity contribution is -0.139. The van der Waals surface area contributed by atoms with Crippen LogP contribution in [0.4, 0.5) is 5.69 Å². The van der Waals surface area contributed by atoms with Gasteiger partial charge in [-0.15, -0.1) is 0 Å². The molecule has 3 rings (SSSR count). The molecule has 0 bridgehead atoms. The maximum atomic E-state index is 12.0. The molecule has 0 unspecified atom stereocenters. The number of anilines is 1. The van der Waals surface area contributed by atoms with Crippen LogP contribution >= 0.6 is 0 Å². The molecular weight excluding hydrogens is 432 g/mol. The van der Waals surface area contributed by atoms with E-state index in [1.807, 2.05) is 61.5 Å². The largest absolute Gasteiger partial charge is 0.484 e. The zero-order chi connectivity index (χ0) is 24.2. The Bertz CT molecular complexity index is 1140. The Morgan fingerprint density at radius 2 is 1.68 bits per heavy atom. The van der Waals surface area contributed by atoms with Crippen molar-refractivity contribution in [3.63, 3.8) is 0 Å². The normalized spacial score (nSPS) is 10.5. The summed E-state index contributed by atoms with van der Waals surface area (Å²) < 4.78 is 5.49. The van der Waals surface area contributed by atoms with Gasteiger partial charge in [0.15, 0.2) is 6.61 Å². The number of carbonyl (C=O) groups is 3. The highest BCUT2D eigenvalue weighted by Crippen LogP contribution is 2.12. The Kier molecular flexibility index (Phi) is 8.92. The molecule has 34 heavy (non-hydrogen) atoms. The number of nitrogens with one attached hydrogen (secondary N) is 3. The number of benzene rings is 3. The number of amides is 3. The molecule has 3 aromatic rings. The van der Waals surface area contributed by atoms with Crippen LogP contribution in [0.5, 0.6) is 5.75 Å². The Morgan fingerprint density at radius 1 is 0.912 bits per heavy atom. The number of carbonyl (C=O) groups excluding carboxylic acids is 3. The van der Waals surface area contributed by atoms with Gasteiger partial charge in [-0.1, -0.05) is 42.5 Å². The van der Waals surface area contributed by atoms with Gasteiger partial charge < -0.3 is 15.4 Å². The molecule has 0 fully saturated rings. The zero-order valence-electron chi connectivity index (χ0n) is 18.8. The smallest absolute Gasteiger partial charge is 0.329 e. The van der Waals surface area contributed by atoms with Gasteiger partial charge in [0.1, 0.15) is 5.75 Å². The van der Waals surface area contributed by atoms with Gasteiger partial charge in [-0.05, 0) is 66.4 Å². The van der Waals surface area contributed by atoms with E-state index in [-0.39, 0.29) is 12.5 Å². The van der Waals surface area contributed by atoms with E-state index < -0.39 is 11.8 Å². The molecule has 8 heteroatoms. The number of hydrazone groups is 1. The van der Waals surface area contributed by atoms with E-state index in [1.54, 1.807) is 24.3 Å². The number of rotatable bonds is 9. The molecule has 0 atom stereocenters.